The van der Waals surface area contributed by atoms with Crippen LogP contribution in [0, 0.1) is 13.8 Å². The number of hydrogen-bond acceptors (Lipinski definition) is 6. The van der Waals surface area contributed by atoms with E-state index in [1.54, 1.807) is 0 Å². The minimum absolute atomic E-state index is 0.0244. The van der Waals surface area contributed by atoms with Gasteiger partial charge in [-0.25, -0.2) is 19.9 Å². The molecule has 0 unspecified atom stereocenters. The topological polar surface area (TPSA) is 78.6 Å². The zero-order valence-electron chi connectivity index (χ0n) is 19.7. The number of benzene rings is 1. The molecule has 1 aliphatic heterocycles. The minimum Gasteiger partial charge on any atom is -0.373 e. The van der Waals surface area contributed by atoms with Gasteiger partial charge in [0, 0.05) is 29.8 Å². The number of nitrogens with zero attached hydrogens (tertiary/aromatic N) is 6. The minimum atomic E-state index is 0.0244. The Hall–Kier alpha value is -3.19. The normalized spacial score (nSPS) is 21.9. The molecule has 1 aromatic carbocycles. The molecule has 7 heteroatoms. The van der Waals surface area contributed by atoms with Crippen molar-refractivity contribution in [1.29, 1.82) is 0 Å². The highest BCUT2D eigenvalue weighted by molar-refractivity contribution is 5.87. The number of hydrogen-bond donors (Lipinski definition) is 0. The van der Waals surface area contributed by atoms with E-state index in [2.05, 4.69) is 34.2 Å². The first-order chi connectivity index (χ1) is 16.6. The van der Waals surface area contributed by atoms with Gasteiger partial charge < -0.3 is 4.74 Å². The molecule has 1 saturated carbocycles. The Morgan fingerprint density at radius 1 is 0.941 bits per heavy atom. The summed E-state index contributed by atoms with van der Waals surface area (Å²) in [6.45, 7) is 4.69. The van der Waals surface area contributed by atoms with Gasteiger partial charge in [0.05, 0.1) is 29.7 Å². The van der Waals surface area contributed by atoms with Crippen molar-refractivity contribution in [3.05, 3.63) is 64.5 Å². The fourth-order valence-electron chi connectivity index (χ4n) is 5.18. The lowest BCUT2D eigenvalue weighted by atomic mass is 9.86. The molecular formula is C27H28N6O. The fraction of sp³-hybridized carbons (Fsp3) is 0.444. The molecule has 2 aliphatic carbocycles. The molecule has 4 aromatic rings. The van der Waals surface area contributed by atoms with E-state index in [-0.39, 0.29) is 12.0 Å². The van der Waals surface area contributed by atoms with E-state index in [1.165, 1.54) is 30.4 Å². The molecule has 0 spiro atoms. The van der Waals surface area contributed by atoms with Gasteiger partial charge in [-0.05, 0) is 69.6 Å². The maximum atomic E-state index is 6.17. The molecule has 0 radical (unpaired) electrons. The standard InChI is InChI=1S/C27H28N6O/c1-15-16(2)30-27-25(29-15)24(19-6-4-17-3-5-18(17)11-19)31-26(32-27)20-9-10-34-23(12-20)21-13-28-33(14-21)22-7-8-22/h4,6,11,13-14,20,22-23H,3,5,7-10,12H2,1-2H3/t20-,23+/m0/s1. The fourth-order valence-corrected chi connectivity index (χ4v) is 5.18. The monoisotopic (exact) mass is 452 g/mol. The van der Waals surface area contributed by atoms with Gasteiger partial charge in [-0.15, -0.1) is 0 Å². The van der Waals surface area contributed by atoms with E-state index in [0.29, 0.717) is 18.3 Å². The van der Waals surface area contributed by atoms with Crippen molar-refractivity contribution in [2.24, 2.45) is 0 Å². The van der Waals surface area contributed by atoms with E-state index in [1.807, 2.05) is 20.0 Å². The average Bonchev–Trinajstić information content (AvgIpc) is 3.56. The number of ether oxygens (including phenoxy) is 1. The predicted octanol–water partition coefficient (Wildman–Crippen LogP) is 4.97. The Morgan fingerprint density at radius 2 is 1.79 bits per heavy atom. The van der Waals surface area contributed by atoms with Crippen LogP contribution in [0.3, 0.4) is 0 Å². The first-order valence-corrected chi connectivity index (χ1v) is 12.4. The van der Waals surface area contributed by atoms with Gasteiger partial charge in [0.15, 0.2) is 5.65 Å². The summed E-state index contributed by atoms with van der Waals surface area (Å²) in [6, 6.07) is 7.27. The van der Waals surface area contributed by atoms with Gasteiger partial charge in [-0.2, -0.15) is 5.10 Å². The highest BCUT2D eigenvalue weighted by Crippen LogP contribution is 2.40. The number of aromatic nitrogens is 6. The summed E-state index contributed by atoms with van der Waals surface area (Å²) in [7, 11) is 0. The summed E-state index contributed by atoms with van der Waals surface area (Å²) in [6.07, 6.45) is 10.7. The Labute approximate surface area is 198 Å². The van der Waals surface area contributed by atoms with E-state index in [4.69, 9.17) is 24.7 Å². The smallest absolute Gasteiger partial charge is 0.182 e. The molecule has 0 N–H and O–H groups in total. The maximum Gasteiger partial charge on any atom is 0.182 e. The van der Waals surface area contributed by atoms with Gasteiger partial charge in [0.25, 0.3) is 0 Å². The first-order valence-electron chi connectivity index (χ1n) is 12.4. The van der Waals surface area contributed by atoms with Crippen molar-refractivity contribution < 1.29 is 4.74 Å². The van der Waals surface area contributed by atoms with E-state index >= 15 is 0 Å². The molecule has 1 saturated heterocycles. The summed E-state index contributed by atoms with van der Waals surface area (Å²) in [4.78, 5) is 19.8. The molecule has 3 aliphatic rings. The number of rotatable bonds is 4. The number of aryl methyl sites for hydroxylation is 4. The lowest BCUT2D eigenvalue weighted by molar-refractivity contribution is 0.00396. The third kappa shape index (κ3) is 3.41. The van der Waals surface area contributed by atoms with Gasteiger partial charge in [0.1, 0.15) is 17.0 Å². The quantitative estimate of drug-likeness (QED) is 0.435. The zero-order chi connectivity index (χ0) is 22.8. The summed E-state index contributed by atoms with van der Waals surface area (Å²) < 4.78 is 8.26. The zero-order valence-corrected chi connectivity index (χ0v) is 19.7. The summed E-state index contributed by atoms with van der Waals surface area (Å²) >= 11 is 0. The Kier molecular flexibility index (Phi) is 4.56. The summed E-state index contributed by atoms with van der Waals surface area (Å²) in [5.74, 6) is 1.06. The first kappa shape index (κ1) is 20.2. The van der Waals surface area contributed by atoms with Crippen LogP contribution in [0.1, 0.15) is 77.6 Å². The Morgan fingerprint density at radius 3 is 2.59 bits per heavy atom. The van der Waals surface area contributed by atoms with Crippen LogP contribution in [-0.2, 0) is 17.6 Å². The molecule has 172 valence electrons. The second kappa shape index (κ2) is 7.67. The molecule has 0 bridgehead atoms. The second-order valence-electron chi connectivity index (χ2n) is 10.0. The molecule has 2 atom stereocenters. The van der Waals surface area contributed by atoms with E-state index in [0.717, 1.165) is 58.8 Å². The van der Waals surface area contributed by atoms with Gasteiger partial charge >= 0.3 is 0 Å². The third-order valence-corrected chi connectivity index (χ3v) is 7.67. The molecule has 4 heterocycles. The van der Waals surface area contributed by atoms with Crippen LogP contribution in [0.2, 0.25) is 0 Å². The van der Waals surface area contributed by atoms with Crippen molar-refractivity contribution >= 4 is 11.2 Å². The van der Waals surface area contributed by atoms with E-state index in [9.17, 15) is 0 Å². The highest BCUT2D eigenvalue weighted by atomic mass is 16.5. The van der Waals surface area contributed by atoms with Crippen LogP contribution >= 0.6 is 0 Å². The van der Waals surface area contributed by atoms with Crippen LogP contribution in [0.5, 0.6) is 0 Å². The second-order valence-corrected chi connectivity index (χ2v) is 10.0. The molecular weight excluding hydrogens is 424 g/mol. The summed E-state index contributed by atoms with van der Waals surface area (Å²) in [5.41, 5.74) is 9.35. The lowest BCUT2D eigenvalue weighted by Crippen LogP contribution is -2.20. The van der Waals surface area contributed by atoms with Crippen molar-refractivity contribution in [2.45, 2.75) is 70.4 Å². The van der Waals surface area contributed by atoms with Crippen LogP contribution in [0.25, 0.3) is 22.4 Å². The molecule has 3 aromatic heterocycles. The average molecular weight is 453 g/mol. The highest BCUT2D eigenvalue weighted by Gasteiger charge is 2.31. The van der Waals surface area contributed by atoms with Crippen molar-refractivity contribution in [2.75, 3.05) is 6.61 Å². The molecule has 2 fully saturated rings. The Bertz CT molecular complexity index is 1420. The maximum absolute atomic E-state index is 6.17. The summed E-state index contributed by atoms with van der Waals surface area (Å²) in [5, 5.41) is 4.57. The van der Waals surface area contributed by atoms with Crippen LogP contribution in [0.15, 0.2) is 30.6 Å². The SMILES string of the molecule is Cc1nc2nc([C@H]3CCO[C@@H](c4cnn(C5CC5)c4)C3)nc(-c3ccc4c(c3)CC4)c2nc1C. The van der Waals surface area contributed by atoms with Gasteiger partial charge in [-0.1, -0.05) is 12.1 Å². The number of fused-ring (bicyclic) bond motifs is 2. The van der Waals surface area contributed by atoms with E-state index < -0.39 is 0 Å². The van der Waals surface area contributed by atoms with Crippen molar-refractivity contribution in [3.63, 3.8) is 0 Å². The predicted molar refractivity (Wildman–Crippen MR) is 129 cm³/mol. The van der Waals surface area contributed by atoms with Crippen molar-refractivity contribution in [1.82, 2.24) is 29.7 Å². The molecule has 0 amide bonds. The van der Waals surface area contributed by atoms with Crippen molar-refractivity contribution in [3.8, 4) is 11.3 Å². The van der Waals surface area contributed by atoms with Crippen LogP contribution in [0.4, 0.5) is 0 Å². The lowest BCUT2D eigenvalue weighted by Gasteiger charge is -2.28. The molecule has 7 nitrogen and oxygen atoms in total. The van der Waals surface area contributed by atoms with Gasteiger partial charge in [-0.3, -0.25) is 4.68 Å². The van der Waals surface area contributed by atoms with Crippen LogP contribution in [-0.4, -0.2) is 36.3 Å². The third-order valence-electron chi connectivity index (χ3n) is 7.67. The Balaban J connectivity index is 1.28. The van der Waals surface area contributed by atoms with Crippen LogP contribution < -0.4 is 0 Å². The van der Waals surface area contributed by atoms with Gasteiger partial charge in [0.2, 0.25) is 0 Å². The largest absolute Gasteiger partial charge is 0.373 e. The molecule has 34 heavy (non-hydrogen) atoms. The molecule has 7 rings (SSSR count).